The molecule has 4 nitrogen and oxygen atoms in total. The van der Waals surface area contributed by atoms with Crippen LogP contribution in [0.1, 0.15) is 53.9 Å². The maximum Gasteiger partial charge on any atom is 0.263 e. The molecule has 26 heavy (non-hydrogen) atoms. The Kier molecular flexibility index (Phi) is 5.44. The first-order chi connectivity index (χ1) is 12.3. The van der Waals surface area contributed by atoms with Crippen LogP contribution >= 0.6 is 11.3 Å². The molecule has 1 aliphatic rings. The summed E-state index contributed by atoms with van der Waals surface area (Å²) in [5.74, 6) is -0.356. The van der Waals surface area contributed by atoms with Crippen LogP contribution in [0.25, 0.3) is 0 Å². The van der Waals surface area contributed by atoms with E-state index in [4.69, 9.17) is 4.74 Å². The van der Waals surface area contributed by atoms with Crippen molar-refractivity contribution in [2.45, 2.75) is 44.4 Å². The second-order valence-electron chi connectivity index (χ2n) is 7.86. The Morgan fingerprint density at radius 1 is 1.27 bits per heavy atom. The molecule has 1 aliphatic heterocycles. The van der Waals surface area contributed by atoms with Gasteiger partial charge in [-0.3, -0.25) is 4.79 Å². The molecule has 2 heterocycles. The Morgan fingerprint density at radius 2 is 1.92 bits per heavy atom. The summed E-state index contributed by atoms with van der Waals surface area (Å²) in [5, 5.41) is 4.02. The Bertz CT molecular complexity index is 759. The van der Waals surface area contributed by atoms with Crippen LogP contribution in [0.15, 0.2) is 30.5 Å². The fourth-order valence-corrected chi connectivity index (χ4v) is 4.09. The first kappa shape index (κ1) is 19.0. The van der Waals surface area contributed by atoms with Crippen LogP contribution in [0.5, 0.6) is 0 Å². The number of amides is 1. The highest BCUT2D eigenvalue weighted by molar-refractivity contribution is 7.13. The number of rotatable bonds is 4. The molecule has 0 aliphatic carbocycles. The lowest BCUT2D eigenvalue weighted by Gasteiger charge is -2.38. The number of hydrogen-bond acceptors (Lipinski definition) is 4. The van der Waals surface area contributed by atoms with E-state index in [9.17, 15) is 9.18 Å². The Balaban J connectivity index is 1.74. The number of aromatic nitrogens is 1. The van der Waals surface area contributed by atoms with Gasteiger partial charge >= 0.3 is 0 Å². The van der Waals surface area contributed by atoms with Crippen LogP contribution in [0.4, 0.5) is 4.39 Å². The molecule has 1 saturated heterocycles. The summed E-state index contributed by atoms with van der Waals surface area (Å²) in [6.45, 7) is 8.03. The fraction of sp³-hybridized carbons (Fsp3) is 0.500. The molecule has 1 N–H and O–H groups in total. The third kappa shape index (κ3) is 4.13. The van der Waals surface area contributed by atoms with Gasteiger partial charge in [-0.2, -0.15) is 0 Å². The van der Waals surface area contributed by atoms with Crippen molar-refractivity contribution >= 4 is 17.2 Å². The molecule has 6 heteroatoms. The van der Waals surface area contributed by atoms with E-state index in [0.717, 1.165) is 23.4 Å². The van der Waals surface area contributed by atoms with Crippen LogP contribution in [-0.2, 0) is 15.6 Å². The predicted molar refractivity (Wildman–Crippen MR) is 101 cm³/mol. The zero-order valence-electron chi connectivity index (χ0n) is 15.5. The molecule has 1 fully saturated rings. The van der Waals surface area contributed by atoms with E-state index >= 15 is 0 Å². The molecule has 0 radical (unpaired) electrons. The number of thiazole rings is 1. The Hall–Kier alpha value is -1.79. The molecule has 1 aromatic heterocycles. The molecule has 0 saturated carbocycles. The van der Waals surface area contributed by atoms with E-state index in [-0.39, 0.29) is 22.6 Å². The largest absolute Gasteiger partial charge is 0.381 e. The summed E-state index contributed by atoms with van der Waals surface area (Å²) in [7, 11) is 0. The molecular formula is C20H25FN2O2S. The number of nitrogens with zero attached hydrogens (tertiary/aromatic N) is 1. The van der Waals surface area contributed by atoms with E-state index in [2.05, 4.69) is 31.1 Å². The molecule has 3 rings (SSSR count). The highest BCUT2D eigenvalue weighted by Gasteiger charge is 2.35. The van der Waals surface area contributed by atoms with E-state index in [1.165, 1.54) is 23.5 Å². The van der Waals surface area contributed by atoms with E-state index < -0.39 is 0 Å². The Labute approximate surface area is 157 Å². The van der Waals surface area contributed by atoms with Crippen LogP contribution in [-0.4, -0.2) is 30.6 Å². The number of carbonyl (C=O) groups excluding carboxylic acids is 1. The summed E-state index contributed by atoms with van der Waals surface area (Å²) < 4.78 is 18.8. The first-order valence-corrected chi connectivity index (χ1v) is 9.70. The third-order valence-electron chi connectivity index (χ3n) is 4.86. The molecule has 0 atom stereocenters. The topological polar surface area (TPSA) is 51.2 Å². The van der Waals surface area contributed by atoms with Gasteiger partial charge in [0.2, 0.25) is 0 Å². The maximum absolute atomic E-state index is 13.3. The number of ether oxygens (including phenoxy) is 1. The molecule has 0 bridgehead atoms. The number of carbonyl (C=O) groups is 1. The lowest BCUT2D eigenvalue weighted by Crippen LogP contribution is -2.44. The Morgan fingerprint density at radius 3 is 2.50 bits per heavy atom. The molecular weight excluding hydrogens is 351 g/mol. The first-order valence-electron chi connectivity index (χ1n) is 8.88. The summed E-state index contributed by atoms with van der Waals surface area (Å²) >= 11 is 1.43. The molecule has 1 amide bonds. The quantitative estimate of drug-likeness (QED) is 0.876. The molecule has 2 aromatic rings. The van der Waals surface area contributed by atoms with Crippen LogP contribution in [0.3, 0.4) is 0 Å². The van der Waals surface area contributed by atoms with E-state index in [1.54, 1.807) is 6.20 Å². The van der Waals surface area contributed by atoms with Gasteiger partial charge in [0.15, 0.2) is 0 Å². The summed E-state index contributed by atoms with van der Waals surface area (Å²) in [6.07, 6.45) is 3.25. The van der Waals surface area contributed by atoms with Crippen LogP contribution in [0, 0.1) is 5.82 Å². The molecule has 140 valence electrons. The van der Waals surface area contributed by atoms with Gasteiger partial charge < -0.3 is 10.1 Å². The monoisotopic (exact) mass is 376 g/mol. The second-order valence-corrected chi connectivity index (χ2v) is 8.89. The normalized spacial score (nSPS) is 17.1. The predicted octanol–water partition coefficient (Wildman–Crippen LogP) is 4.06. The van der Waals surface area contributed by atoms with Crippen molar-refractivity contribution in [2.75, 3.05) is 19.8 Å². The van der Waals surface area contributed by atoms with Crippen molar-refractivity contribution in [3.8, 4) is 0 Å². The van der Waals surface area contributed by atoms with Gasteiger partial charge in [0.1, 0.15) is 10.7 Å². The minimum absolute atomic E-state index is 0.0702. The maximum atomic E-state index is 13.3. The van der Waals surface area contributed by atoms with Gasteiger partial charge in [-0.25, -0.2) is 9.37 Å². The van der Waals surface area contributed by atoms with Crippen LogP contribution in [0.2, 0.25) is 0 Å². The molecule has 0 spiro atoms. The average molecular weight is 376 g/mol. The lowest BCUT2D eigenvalue weighted by molar-refractivity contribution is 0.0487. The third-order valence-corrected chi connectivity index (χ3v) is 6.29. The molecule has 0 unspecified atom stereocenters. The lowest BCUT2D eigenvalue weighted by atomic mass is 9.74. The SMILES string of the molecule is CC(C)(C)c1ncc(C(=O)NCC2(c3ccc(F)cc3)CCOCC2)s1. The second kappa shape index (κ2) is 7.45. The van der Waals surface area contributed by atoms with Crippen molar-refractivity contribution < 1.29 is 13.9 Å². The van der Waals surface area contributed by atoms with Gasteiger partial charge in [0.25, 0.3) is 5.91 Å². The zero-order valence-corrected chi connectivity index (χ0v) is 16.3. The van der Waals surface area contributed by atoms with Gasteiger partial charge in [0.05, 0.1) is 11.2 Å². The zero-order chi connectivity index (χ0) is 18.8. The fourth-order valence-electron chi connectivity index (χ4n) is 3.20. The minimum atomic E-state index is -0.251. The van der Waals surface area contributed by atoms with E-state index in [1.807, 2.05) is 12.1 Å². The summed E-state index contributed by atoms with van der Waals surface area (Å²) in [4.78, 5) is 17.6. The number of benzene rings is 1. The van der Waals surface area contributed by atoms with Gasteiger partial charge in [0, 0.05) is 30.6 Å². The van der Waals surface area contributed by atoms with Crippen molar-refractivity contribution in [2.24, 2.45) is 0 Å². The molecule has 1 aromatic carbocycles. The van der Waals surface area contributed by atoms with Crippen molar-refractivity contribution in [3.05, 3.63) is 51.7 Å². The van der Waals surface area contributed by atoms with Crippen molar-refractivity contribution in [1.82, 2.24) is 10.3 Å². The highest BCUT2D eigenvalue weighted by Crippen LogP contribution is 2.34. The summed E-state index contributed by atoms with van der Waals surface area (Å²) in [5.41, 5.74) is 0.750. The smallest absolute Gasteiger partial charge is 0.263 e. The number of nitrogens with one attached hydrogen (secondary N) is 1. The average Bonchev–Trinajstić information content (AvgIpc) is 3.12. The van der Waals surface area contributed by atoms with Crippen molar-refractivity contribution in [3.63, 3.8) is 0 Å². The van der Waals surface area contributed by atoms with Gasteiger partial charge in [-0.1, -0.05) is 32.9 Å². The minimum Gasteiger partial charge on any atom is -0.381 e. The summed E-state index contributed by atoms with van der Waals surface area (Å²) in [6, 6.07) is 6.59. The van der Waals surface area contributed by atoms with Gasteiger partial charge in [-0.15, -0.1) is 11.3 Å². The van der Waals surface area contributed by atoms with E-state index in [0.29, 0.717) is 24.6 Å². The van der Waals surface area contributed by atoms with Gasteiger partial charge in [-0.05, 0) is 30.5 Å². The number of halogens is 1. The van der Waals surface area contributed by atoms with Crippen LogP contribution < -0.4 is 5.32 Å². The van der Waals surface area contributed by atoms with Crippen molar-refractivity contribution in [1.29, 1.82) is 0 Å². The standard InChI is InChI=1S/C20H25FN2O2S/c1-19(2,3)18-22-12-16(26-18)17(24)23-13-20(8-10-25-11-9-20)14-4-6-15(21)7-5-14/h4-7,12H,8-11,13H2,1-3H3,(H,23,24). The highest BCUT2D eigenvalue weighted by atomic mass is 32.1. The number of hydrogen-bond donors (Lipinski definition) is 1.